The molecule has 2 rings (SSSR count). The molecule has 6 nitrogen and oxygen atoms in total. The Balaban J connectivity index is -0.000000822. The Morgan fingerprint density at radius 2 is 0.865 bits per heavy atom. The van der Waals surface area contributed by atoms with Crippen LogP contribution in [0.2, 0.25) is 0 Å². The van der Waals surface area contributed by atoms with E-state index in [1.807, 2.05) is 0 Å². The van der Waals surface area contributed by atoms with Crippen molar-refractivity contribution in [2.75, 3.05) is 12.5 Å². The molecule has 2 aromatic rings. The standard InChI is InChI=1S/C25H36.2CH4O3S.2Na/c1-2-3-4-5-6-7-8-9-10-12-15-23-18-20-25(21-19-23)22-24-16-13-11-14-17-24;2*1-5(2,3)4;;/h11,13-14,16-21H,2-10,12,15,22H2,1H3;2*1H3,(H,2,3,4);;/q;;;2*+1/p-2. The first-order valence-electron chi connectivity index (χ1n) is 12.3. The molecule has 0 N–H and O–H groups in total. The van der Waals surface area contributed by atoms with E-state index < -0.39 is 20.2 Å². The molecule has 0 saturated heterocycles. The maximum Gasteiger partial charge on any atom is 1.00 e. The van der Waals surface area contributed by atoms with Gasteiger partial charge in [-0.25, -0.2) is 16.8 Å². The number of benzene rings is 2. The van der Waals surface area contributed by atoms with Crippen molar-refractivity contribution in [2.45, 2.75) is 84.0 Å². The first-order valence-corrected chi connectivity index (χ1v) is 15.9. The fourth-order valence-corrected chi connectivity index (χ4v) is 3.47. The van der Waals surface area contributed by atoms with Crippen molar-refractivity contribution in [1.29, 1.82) is 0 Å². The van der Waals surface area contributed by atoms with Gasteiger partial charge in [0.15, 0.2) is 0 Å². The number of aryl methyl sites for hydroxylation is 1. The monoisotopic (exact) mass is 572 g/mol. The molecule has 10 heteroatoms. The Hall–Kier alpha value is 0.260. The fourth-order valence-electron chi connectivity index (χ4n) is 3.47. The molecule has 200 valence electrons. The maximum absolute atomic E-state index is 9.08. The third-order valence-corrected chi connectivity index (χ3v) is 5.09. The molecule has 0 aromatic heterocycles. The third-order valence-electron chi connectivity index (χ3n) is 5.09. The predicted molar refractivity (Wildman–Crippen MR) is 142 cm³/mol. The number of unbranched alkanes of at least 4 members (excludes halogenated alkanes) is 9. The average molecular weight is 573 g/mol. The van der Waals surface area contributed by atoms with Gasteiger partial charge in [-0.1, -0.05) is 119 Å². The second kappa shape index (κ2) is 25.2. The molecule has 0 aliphatic rings. The Morgan fingerprint density at radius 1 is 0.541 bits per heavy atom. The van der Waals surface area contributed by atoms with Gasteiger partial charge in [-0.3, -0.25) is 0 Å². The molecule has 0 spiro atoms. The van der Waals surface area contributed by atoms with Gasteiger partial charge in [0.25, 0.3) is 0 Å². The van der Waals surface area contributed by atoms with Crippen molar-refractivity contribution < 1.29 is 85.1 Å². The van der Waals surface area contributed by atoms with Crippen LogP contribution >= 0.6 is 0 Å². The van der Waals surface area contributed by atoms with Gasteiger partial charge in [0.05, 0.1) is 20.2 Å². The summed E-state index contributed by atoms with van der Waals surface area (Å²) in [7, 11) is -7.83. The van der Waals surface area contributed by atoms with E-state index in [0.717, 1.165) is 6.42 Å². The topological polar surface area (TPSA) is 114 Å². The summed E-state index contributed by atoms with van der Waals surface area (Å²) in [5.74, 6) is 0. The zero-order valence-electron chi connectivity index (χ0n) is 23.4. The Kier molecular flexibility index (Phi) is 28.5. The summed E-state index contributed by atoms with van der Waals surface area (Å²) in [5.41, 5.74) is 4.30. The molecule has 0 heterocycles. The van der Waals surface area contributed by atoms with Gasteiger partial charge in [-0.05, 0) is 36.0 Å². The van der Waals surface area contributed by atoms with Crippen molar-refractivity contribution in [3.05, 3.63) is 71.3 Å². The van der Waals surface area contributed by atoms with E-state index in [1.54, 1.807) is 0 Å². The van der Waals surface area contributed by atoms with Crippen LogP contribution in [-0.4, -0.2) is 38.5 Å². The zero-order chi connectivity index (χ0) is 26.6. The summed E-state index contributed by atoms with van der Waals surface area (Å²) in [6, 6.07) is 20.0. The minimum atomic E-state index is -3.92. The van der Waals surface area contributed by atoms with Crippen LogP contribution in [0.15, 0.2) is 54.6 Å². The van der Waals surface area contributed by atoms with Crippen molar-refractivity contribution in [2.24, 2.45) is 0 Å². The minimum absolute atomic E-state index is 0. The number of hydrogen-bond donors (Lipinski definition) is 0. The van der Waals surface area contributed by atoms with Crippen LogP contribution in [0.25, 0.3) is 0 Å². The van der Waals surface area contributed by atoms with E-state index >= 15 is 0 Å². The quantitative estimate of drug-likeness (QED) is 0.191. The molecule has 0 fully saturated rings. The summed E-state index contributed by atoms with van der Waals surface area (Å²) in [6.45, 7) is 2.29. The molecular weight excluding hydrogens is 530 g/mol. The first kappa shape index (κ1) is 41.7. The first-order chi connectivity index (χ1) is 16.4. The fraction of sp³-hybridized carbons (Fsp3) is 0.556. The van der Waals surface area contributed by atoms with E-state index in [0.29, 0.717) is 12.5 Å². The van der Waals surface area contributed by atoms with E-state index in [2.05, 4.69) is 61.5 Å². The van der Waals surface area contributed by atoms with Gasteiger partial charge in [-0.15, -0.1) is 0 Å². The maximum atomic E-state index is 9.08. The largest absolute Gasteiger partial charge is 1.00 e. The van der Waals surface area contributed by atoms with Crippen LogP contribution in [0.3, 0.4) is 0 Å². The van der Waals surface area contributed by atoms with Gasteiger partial charge in [-0.2, -0.15) is 0 Å². The third kappa shape index (κ3) is 36.3. The van der Waals surface area contributed by atoms with E-state index in [-0.39, 0.29) is 59.1 Å². The molecule has 0 radical (unpaired) electrons. The Bertz CT molecular complexity index is 935. The Morgan fingerprint density at radius 3 is 1.27 bits per heavy atom. The van der Waals surface area contributed by atoms with Gasteiger partial charge < -0.3 is 9.11 Å². The summed E-state index contributed by atoms with van der Waals surface area (Å²) in [6.07, 6.45) is 17.6. The minimum Gasteiger partial charge on any atom is -0.748 e. The van der Waals surface area contributed by atoms with Crippen LogP contribution in [0.4, 0.5) is 0 Å². The number of hydrogen-bond acceptors (Lipinski definition) is 6. The van der Waals surface area contributed by atoms with Crippen LogP contribution in [0.1, 0.15) is 87.8 Å². The van der Waals surface area contributed by atoms with Crippen LogP contribution < -0.4 is 59.1 Å². The van der Waals surface area contributed by atoms with Gasteiger partial charge in [0.1, 0.15) is 0 Å². The normalized spacial score (nSPS) is 10.5. The van der Waals surface area contributed by atoms with Crippen LogP contribution in [0.5, 0.6) is 0 Å². The average Bonchev–Trinajstić information content (AvgIpc) is 2.75. The van der Waals surface area contributed by atoms with Crippen molar-refractivity contribution >= 4 is 20.2 Å². The smallest absolute Gasteiger partial charge is 0.748 e. The number of rotatable bonds is 13. The second-order valence-electron chi connectivity index (χ2n) is 8.82. The SMILES string of the molecule is CCCCCCCCCCCCc1ccc(Cc2ccccc2)cc1.CS(=O)(=O)[O-].CS(=O)(=O)[O-].[Na+].[Na+]. The molecule has 0 amide bonds. The molecule has 0 aliphatic heterocycles. The summed E-state index contributed by atoms with van der Waals surface area (Å²) >= 11 is 0. The van der Waals surface area contributed by atoms with Crippen LogP contribution in [-0.2, 0) is 33.1 Å². The van der Waals surface area contributed by atoms with Crippen molar-refractivity contribution in [3.8, 4) is 0 Å². The summed E-state index contributed by atoms with van der Waals surface area (Å²) in [4.78, 5) is 0. The van der Waals surface area contributed by atoms with E-state index in [4.69, 9.17) is 25.9 Å². The second-order valence-corrected chi connectivity index (χ2v) is 11.6. The van der Waals surface area contributed by atoms with Crippen molar-refractivity contribution in [1.82, 2.24) is 0 Å². The molecule has 0 saturated carbocycles. The molecular formula is C27H42Na2O6S2. The van der Waals surface area contributed by atoms with Gasteiger partial charge in [0, 0.05) is 12.5 Å². The van der Waals surface area contributed by atoms with Crippen LogP contribution in [0, 0.1) is 0 Å². The molecule has 0 aliphatic carbocycles. The Labute approximate surface area is 270 Å². The van der Waals surface area contributed by atoms with Gasteiger partial charge in [0.2, 0.25) is 0 Å². The molecule has 0 atom stereocenters. The molecule has 2 aromatic carbocycles. The summed E-state index contributed by atoms with van der Waals surface area (Å²) in [5, 5.41) is 0. The van der Waals surface area contributed by atoms with Crippen molar-refractivity contribution in [3.63, 3.8) is 0 Å². The molecule has 0 unspecified atom stereocenters. The van der Waals surface area contributed by atoms with E-state index in [9.17, 15) is 0 Å². The zero-order valence-corrected chi connectivity index (χ0v) is 29.1. The predicted octanol–water partition coefficient (Wildman–Crippen LogP) is 0.0716. The van der Waals surface area contributed by atoms with Gasteiger partial charge >= 0.3 is 59.1 Å². The molecule has 0 bridgehead atoms. The van der Waals surface area contributed by atoms with E-state index in [1.165, 1.54) is 87.3 Å². The summed E-state index contributed by atoms with van der Waals surface area (Å²) < 4.78 is 54.5. The molecule has 37 heavy (non-hydrogen) atoms.